The minimum absolute atomic E-state index is 0.0242. The van der Waals surface area contributed by atoms with E-state index in [9.17, 15) is 0 Å². The SMILES string of the molecule is CC(C)c1cc2ccccc2c2c(C(C)(C)C)noc12. The van der Waals surface area contributed by atoms with Crippen LogP contribution < -0.4 is 0 Å². The molecule has 0 spiro atoms. The molecule has 2 nitrogen and oxygen atoms in total. The molecule has 0 atom stereocenters. The highest BCUT2D eigenvalue weighted by Gasteiger charge is 2.25. The summed E-state index contributed by atoms with van der Waals surface area (Å²) in [4.78, 5) is 0. The summed E-state index contributed by atoms with van der Waals surface area (Å²) in [7, 11) is 0. The molecule has 0 aliphatic carbocycles. The predicted octanol–water partition coefficient (Wildman–Crippen LogP) is 5.40. The van der Waals surface area contributed by atoms with Gasteiger partial charge in [-0.05, 0) is 22.8 Å². The van der Waals surface area contributed by atoms with Crippen molar-refractivity contribution >= 4 is 21.7 Å². The lowest BCUT2D eigenvalue weighted by Gasteiger charge is -2.16. The fraction of sp³-hybridized carbons (Fsp3) is 0.389. The summed E-state index contributed by atoms with van der Waals surface area (Å²) in [5, 5.41) is 8.06. The number of hydrogen-bond acceptors (Lipinski definition) is 2. The highest BCUT2D eigenvalue weighted by molar-refractivity contribution is 6.08. The van der Waals surface area contributed by atoms with Crippen LogP contribution in [0.5, 0.6) is 0 Å². The molecule has 3 aromatic rings. The molecule has 0 bridgehead atoms. The van der Waals surface area contributed by atoms with E-state index in [1.807, 2.05) is 0 Å². The van der Waals surface area contributed by atoms with Crippen molar-refractivity contribution in [3.8, 4) is 0 Å². The van der Waals surface area contributed by atoms with Gasteiger partial charge in [0.15, 0.2) is 5.58 Å². The van der Waals surface area contributed by atoms with Gasteiger partial charge in [-0.25, -0.2) is 0 Å². The Morgan fingerprint density at radius 3 is 2.45 bits per heavy atom. The molecular weight excluding hydrogens is 246 g/mol. The van der Waals surface area contributed by atoms with E-state index < -0.39 is 0 Å². The average Bonchev–Trinajstić information content (AvgIpc) is 2.82. The largest absolute Gasteiger partial charge is 0.356 e. The molecule has 0 fully saturated rings. The van der Waals surface area contributed by atoms with Gasteiger partial charge in [-0.3, -0.25) is 0 Å². The van der Waals surface area contributed by atoms with E-state index in [-0.39, 0.29) is 5.41 Å². The van der Waals surface area contributed by atoms with Gasteiger partial charge in [-0.15, -0.1) is 0 Å². The molecule has 1 aromatic heterocycles. The summed E-state index contributed by atoms with van der Waals surface area (Å²) in [6, 6.07) is 10.7. The number of fused-ring (bicyclic) bond motifs is 3. The highest BCUT2D eigenvalue weighted by Crippen LogP contribution is 2.38. The summed E-state index contributed by atoms with van der Waals surface area (Å²) in [5.41, 5.74) is 3.21. The Balaban J connectivity index is 2.53. The Morgan fingerprint density at radius 2 is 1.80 bits per heavy atom. The van der Waals surface area contributed by atoms with Crippen LogP contribution in [0.25, 0.3) is 21.7 Å². The minimum atomic E-state index is -0.0242. The summed E-state index contributed by atoms with van der Waals surface area (Å²) in [6.45, 7) is 10.9. The van der Waals surface area contributed by atoms with Crippen molar-refractivity contribution in [3.63, 3.8) is 0 Å². The van der Waals surface area contributed by atoms with Crippen LogP contribution in [-0.2, 0) is 5.41 Å². The number of rotatable bonds is 1. The molecule has 104 valence electrons. The fourth-order valence-electron chi connectivity index (χ4n) is 2.76. The van der Waals surface area contributed by atoms with Crippen molar-refractivity contribution in [2.45, 2.75) is 46.0 Å². The van der Waals surface area contributed by atoms with Gasteiger partial charge in [0.2, 0.25) is 0 Å². The van der Waals surface area contributed by atoms with E-state index in [1.54, 1.807) is 0 Å². The van der Waals surface area contributed by atoms with Crippen LogP contribution in [0, 0.1) is 0 Å². The van der Waals surface area contributed by atoms with Crippen LogP contribution in [0.1, 0.15) is 51.8 Å². The number of aromatic nitrogens is 1. The molecule has 0 saturated carbocycles. The maximum atomic E-state index is 5.73. The molecule has 2 heteroatoms. The van der Waals surface area contributed by atoms with Crippen molar-refractivity contribution < 1.29 is 4.52 Å². The summed E-state index contributed by atoms with van der Waals surface area (Å²) in [5.74, 6) is 0.419. The fourth-order valence-corrected chi connectivity index (χ4v) is 2.76. The first-order chi connectivity index (χ1) is 9.39. The summed E-state index contributed by atoms with van der Waals surface area (Å²) in [6.07, 6.45) is 0. The molecule has 0 aliphatic rings. The zero-order valence-corrected chi connectivity index (χ0v) is 12.8. The Labute approximate surface area is 119 Å². The van der Waals surface area contributed by atoms with E-state index in [1.165, 1.54) is 21.7 Å². The van der Waals surface area contributed by atoms with Crippen LogP contribution in [0.4, 0.5) is 0 Å². The second-order valence-corrected chi connectivity index (χ2v) is 6.83. The topological polar surface area (TPSA) is 26.0 Å². The molecule has 20 heavy (non-hydrogen) atoms. The third-order valence-corrected chi connectivity index (χ3v) is 3.83. The van der Waals surface area contributed by atoms with Crippen LogP contribution >= 0.6 is 0 Å². The van der Waals surface area contributed by atoms with Crippen molar-refractivity contribution in [3.05, 3.63) is 41.6 Å². The quantitative estimate of drug-likeness (QED) is 0.590. The van der Waals surface area contributed by atoms with Crippen LogP contribution in [0.15, 0.2) is 34.9 Å². The van der Waals surface area contributed by atoms with Gasteiger partial charge in [-0.2, -0.15) is 0 Å². The molecule has 0 saturated heterocycles. The predicted molar refractivity (Wildman–Crippen MR) is 84.3 cm³/mol. The molecule has 0 aliphatic heterocycles. The van der Waals surface area contributed by atoms with Gasteiger partial charge >= 0.3 is 0 Å². The first kappa shape index (κ1) is 13.2. The first-order valence-corrected chi connectivity index (χ1v) is 7.21. The third-order valence-electron chi connectivity index (χ3n) is 3.83. The van der Waals surface area contributed by atoms with Gasteiger partial charge in [-0.1, -0.05) is 64.0 Å². The molecule has 1 heterocycles. The maximum Gasteiger partial charge on any atom is 0.171 e. The summed E-state index contributed by atoms with van der Waals surface area (Å²) < 4.78 is 5.73. The molecule has 0 radical (unpaired) electrons. The Morgan fingerprint density at radius 1 is 1.10 bits per heavy atom. The van der Waals surface area contributed by atoms with Crippen LogP contribution in [0.3, 0.4) is 0 Å². The second kappa shape index (κ2) is 4.34. The number of benzene rings is 2. The van der Waals surface area contributed by atoms with Gasteiger partial charge in [0.05, 0.1) is 11.1 Å². The van der Waals surface area contributed by atoms with Crippen molar-refractivity contribution in [2.75, 3.05) is 0 Å². The van der Waals surface area contributed by atoms with Crippen molar-refractivity contribution in [2.24, 2.45) is 0 Å². The molecule has 0 N–H and O–H groups in total. The van der Waals surface area contributed by atoms with Gasteiger partial charge < -0.3 is 4.52 Å². The van der Waals surface area contributed by atoms with E-state index in [4.69, 9.17) is 4.52 Å². The molecular formula is C18H21NO. The first-order valence-electron chi connectivity index (χ1n) is 7.21. The average molecular weight is 267 g/mol. The molecule has 0 amide bonds. The lowest BCUT2D eigenvalue weighted by Crippen LogP contribution is -2.12. The van der Waals surface area contributed by atoms with E-state index in [2.05, 4.69) is 70.1 Å². The Kier molecular flexibility index (Phi) is 2.86. The third kappa shape index (κ3) is 1.91. The number of nitrogens with zero attached hydrogens (tertiary/aromatic N) is 1. The van der Waals surface area contributed by atoms with Gasteiger partial charge in [0.25, 0.3) is 0 Å². The molecule has 3 rings (SSSR count). The Hall–Kier alpha value is -1.83. The van der Waals surface area contributed by atoms with E-state index in [0.29, 0.717) is 5.92 Å². The lowest BCUT2D eigenvalue weighted by atomic mass is 9.86. The zero-order valence-electron chi connectivity index (χ0n) is 12.8. The smallest absolute Gasteiger partial charge is 0.171 e. The van der Waals surface area contributed by atoms with Gasteiger partial charge in [0.1, 0.15) is 0 Å². The normalized spacial score (nSPS) is 12.7. The van der Waals surface area contributed by atoms with E-state index >= 15 is 0 Å². The second-order valence-electron chi connectivity index (χ2n) is 6.83. The van der Waals surface area contributed by atoms with Crippen LogP contribution in [0.2, 0.25) is 0 Å². The molecule has 0 unspecified atom stereocenters. The number of hydrogen-bond donors (Lipinski definition) is 0. The maximum absolute atomic E-state index is 5.73. The van der Waals surface area contributed by atoms with E-state index in [0.717, 1.165) is 11.3 Å². The van der Waals surface area contributed by atoms with Crippen molar-refractivity contribution in [1.82, 2.24) is 5.16 Å². The standard InChI is InChI=1S/C18H21NO/c1-11(2)14-10-12-8-6-7-9-13(12)15-16(14)20-19-17(15)18(3,4)5/h6-11H,1-5H3. The monoisotopic (exact) mass is 267 g/mol. The lowest BCUT2D eigenvalue weighted by molar-refractivity contribution is 0.417. The van der Waals surface area contributed by atoms with Gasteiger partial charge in [0, 0.05) is 11.0 Å². The highest BCUT2D eigenvalue weighted by atomic mass is 16.5. The summed E-state index contributed by atoms with van der Waals surface area (Å²) >= 11 is 0. The minimum Gasteiger partial charge on any atom is -0.356 e. The zero-order chi connectivity index (χ0) is 14.5. The Bertz CT molecular complexity index is 775. The van der Waals surface area contributed by atoms with Crippen molar-refractivity contribution in [1.29, 1.82) is 0 Å². The van der Waals surface area contributed by atoms with Crippen LogP contribution in [-0.4, -0.2) is 5.16 Å². The molecule has 2 aromatic carbocycles.